The van der Waals surface area contributed by atoms with Crippen LogP contribution in [0.2, 0.25) is 0 Å². The van der Waals surface area contributed by atoms with Gasteiger partial charge in [-0.3, -0.25) is 23.5 Å². The van der Waals surface area contributed by atoms with E-state index >= 15 is 0 Å². The number of aromatic amines is 1. The van der Waals surface area contributed by atoms with E-state index in [1.165, 1.54) is 10.9 Å². The molecule has 0 amide bonds. The van der Waals surface area contributed by atoms with Gasteiger partial charge in [-0.2, -0.15) is 4.98 Å². The number of hydrogen-bond donors (Lipinski definition) is 6. The van der Waals surface area contributed by atoms with Gasteiger partial charge in [0.05, 0.1) is 12.9 Å². The summed E-state index contributed by atoms with van der Waals surface area (Å²) in [6.45, 7) is -0.680. The lowest BCUT2D eigenvalue weighted by molar-refractivity contribution is -0.0358. The van der Waals surface area contributed by atoms with Crippen LogP contribution in [-0.2, 0) is 27.5 Å². The maximum Gasteiger partial charge on any atom is 0.695 e. The van der Waals surface area contributed by atoms with Crippen molar-refractivity contribution in [2.45, 2.75) is 24.9 Å². The maximum atomic E-state index is 11.9. The molecule has 3 rings (SSSR count). The van der Waals surface area contributed by atoms with Crippen LogP contribution in [0.1, 0.15) is 12.6 Å². The average Bonchev–Trinajstić information content (AvgIpc) is 3.14. The quantitative estimate of drug-likeness (QED) is 0.253. The molecule has 1 aliphatic rings. The highest BCUT2D eigenvalue weighted by Crippen LogP contribution is 2.55. The molecule has 2 aromatic rings. The third kappa shape index (κ3) is 5.56. The first-order valence-electron chi connectivity index (χ1n) is 8.06. The number of nitrogens with one attached hydrogen (secondary N) is 1. The van der Waals surface area contributed by atoms with Crippen LogP contribution in [0.5, 0.6) is 0 Å². The van der Waals surface area contributed by atoms with Crippen LogP contribution < -0.4 is 11.3 Å². The minimum absolute atomic E-state index is 0.0419. The minimum atomic E-state index is -4.84. The molecule has 0 spiro atoms. The van der Waals surface area contributed by atoms with Gasteiger partial charge in [0.15, 0.2) is 17.1 Å². The molecule has 19 heteroatoms. The molecule has 0 aliphatic carbocycles. The number of anilines is 1. The number of H-pyrrole nitrogens is 1. The monoisotopic (exact) mass is 488 g/mol. The van der Waals surface area contributed by atoms with Gasteiger partial charge in [-0.05, 0) is 0 Å². The van der Waals surface area contributed by atoms with Crippen molar-refractivity contribution >= 4 is 40.6 Å². The smallest absolute Gasteiger partial charge is 0.369 e. The maximum absolute atomic E-state index is 11.9. The highest BCUT2D eigenvalue weighted by molar-refractivity contribution is 7.70. The molecule has 7 N–H and O–H groups in total. The second-order valence-electron chi connectivity index (χ2n) is 6.26. The Morgan fingerprint density at radius 1 is 1.40 bits per heavy atom. The summed E-state index contributed by atoms with van der Waals surface area (Å²) >= 11 is 0. The lowest BCUT2D eigenvalue weighted by Gasteiger charge is -2.18. The molecule has 5 unspecified atom stereocenters. The van der Waals surface area contributed by atoms with Crippen molar-refractivity contribution in [2.75, 3.05) is 18.2 Å². The molecule has 166 valence electrons. The van der Waals surface area contributed by atoms with Crippen molar-refractivity contribution in [3.63, 3.8) is 0 Å². The average molecular weight is 488 g/mol. The Balaban J connectivity index is 1.81. The summed E-state index contributed by atoms with van der Waals surface area (Å²) in [5.74, 6) is -1.59. The highest BCUT2D eigenvalue weighted by atomic mass is 31.2. The third-order valence-corrected chi connectivity index (χ3v) is 7.88. The molecule has 1 saturated heterocycles. The van der Waals surface area contributed by atoms with E-state index in [9.17, 15) is 23.4 Å². The number of aromatic nitrogens is 4. The van der Waals surface area contributed by atoms with E-state index in [0.717, 1.165) is 0 Å². The summed E-state index contributed by atoms with van der Waals surface area (Å²) in [6, 6.07) is 0. The van der Waals surface area contributed by atoms with E-state index in [0.29, 0.717) is 0 Å². The molecule has 1 aliphatic heterocycles. The largest absolute Gasteiger partial charge is 0.695 e. The molecule has 5 atom stereocenters. The van der Waals surface area contributed by atoms with Crippen molar-refractivity contribution in [3.8, 4) is 0 Å². The molecular formula is C11H17N5O11P3+. The Bertz CT molecular complexity index is 1110. The van der Waals surface area contributed by atoms with Crippen LogP contribution in [0.3, 0.4) is 0 Å². The van der Waals surface area contributed by atoms with Gasteiger partial charge in [0, 0.05) is 11.0 Å². The van der Waals surface area contributed by atoms with Crippen molar-refractivity contribution in [2.24, 2.45) is 0 Å². The van der Waals surface area contributed by atoms with E-state index < -0.39 is 60.0 Å². The van der Waals surface area contributed by atoms with E-state index in [1.54, 1.807) is 0 Å². The summed E-state index contributed by atoms with van der Waals surface area (Å²) in [4.78, 5) is 58.4. The van der Waals surface area contributed by atoms with Crippen molar-refractivity contribution in [3.05, 3.63) is 16.7 Å². The van der Waals surface area contributed by atoms with E-state index in [1.807, 2.05) is 0 Å². The molecule has 2 aromatic heterocycles. The van der Waals surface area contributed by atoms with Crippen molar-refractivity contribution < 1.29 is 47.1 Å². The summed E-state index contributed by atoms with van der Waals surface area (Å²) in [6.07, 6.45) is -2.05. The number of nitrogens with zero attached hydrogens (tertiary/aromatic N) is 3. The predicted molar refractivity (Wildman–Crippen MR) is 98.5 cm³/mol. The van der Waals surface area contributed by atoms with Crippen molar-refractivity contribution in [1.82, 2.24) is 19.5 Å². The summed E-state index contributed by atoms with van der Waals surface area (Å²) in [5.41, 5.74) is 4.95. The molecular weight excluding hydrogens is 471 g/mol. The van der Waals surface area contributed by atoms with Gasteiger partial charge in [0.1, 0.15) is 18.4 Å². The second-order valence-corrected chi connectivity index (χ2v) is 10.9. The Hall–Kier alpha value is -1.57. The van der Waals surface area contributed by atoms with Gasteiger partial charge < -0.3 is 29.7 Å². The molecule has 0 aromatic carbocycles. The number of nitrogen functional groups attached to an aromatic ring is 1. The first kappa shape index (κ1) is 23.1. The van der Waals surface area contributed by atoms with Gasteiger partial charge in [-0.1, -0.05) is 0 Å². The van der Waals surface area contributed by atoms with E-state index in [2.05, 4.69) is 15.0 Å². The standard InChI is InChI=1S/C11H16N5O11P3/c12-11-14-9-8(10(17)15-11)13-3-16(9)7-1-5(27-28(18)19)6(26-7)2-25-30(23,24)4-29(20,21)22/h3,5-7H,1-2,4H2,(H6-,12,14,15,17,18,19,20,21,22,23,24)/p+1. The zero-order valence-corrected chi connectivity index (χ0v) is 17.5. The van der Waals surface area contributed by atoms with Gasteiger partial charge in [-0.15, -0.1) is 9.42 Å². The summed E-state index contributed by atoms with van der Waals surface area (Å²) < 4.78 is 50.4. The molecule has 0 radical (unpaired) electrons. The van der Waals surface area contributed by atoms with Crippen LogP contribution in [0, 0.1) is 0 Å². The first-order valence-corrected chi connectivity index (χ1v) is 12.8. The highest BCUT2D eigenvalue weighted by Gasteiger charge is 2.44. The molecule has 16 nitrogen and oxygen atoms in total. The fraction of sp³-hybridized carbons (Fsp3) is 0.545. The van der Waals surface area contributed by atoms with Crippen molar-refractivity contribution in [1.29, 1.82) is 0 Å². The number of fused-ring (bicyclic) bond motifs is 1. The lowest BCUT2D eigenvalue weighted by Crippen LogP contribution is -2.27. The van der Waals surface area contributed by atoms with Gasteiger partial charge in [-0.25, -0.2) is 4.98 Å². The van der Waals surface area contributed by atoms with E-state index in [4.69, 9.17) is 34.2 Å². The zero-order chi connectivity index (χ0) is 22.3. The van der Waals surface area contributed by atoms with E-state index in [-0.39, 0.29) is 23.5 Å². The van der Waals surface area contributed by atoms with Crippen LogP contribution in [0.25, 0.3) is 11.2 Å². The molecule has 1 fully saturated rings. The number of hydrogen-bond acceptors (Lipinski definition) is 10. The Labute approximate surface area is 167 Å². The molecule has 0 bridgehead atoms. The topological polar surface area (TPSA) is 249 Å². The number of nitrogens with two attached hydrogens (primary N) is 1. The Morgan fingerprint density at radius 3 is 2.73 bits per heavy atom. The fourth-order valence-corrected chi connectivity index (χ4v) is 5.89. The number of rotatable bonds is 8. The third-order valence-electron chi connectivity index (χ3n) is 3.97. The Morgan fingerprint density at radius 2 is 2.10 bits per heavy atom. The van der Waals surface area contributed by atoms with Crippen LogP contribution in [0.4, 0.5) is 5.95 Å². The Kier molecular flexibility index (Phi) is 6.56. The van der Waals surface area contributed by atoms with Crippen LogP contribution in [0.15, 0.2) is 11.1 Å². The SMILES string of the molecule is Nc1nc2c(ncn2C2CC(O[P+](=O)O)C(COP(=O)(O)CP(=O)(O)O)O2)c(=O)[nH]1. The van der Waals surface area contributed by atoms with Crippen LogP contribution >= 0.6 is 23.4 Å². The summed E-state index contributed by atoms with van der Waals surface area (Å²) in [5, 5.41) is 0. The normalized spacial score (nSPS) is 24.8. The zero-order valence-electron chi connectivity index (χ0n) is 14.8. The first-order chi connectivity index (χ1) is 13.8. The second kappa shape index (κ2) is 8.52. The van der Waals surface area contributed by atoms with Gasteiger partial charge >= 0.3 is 23.4 Å². The van der Waals surface area contributed by atoms with Gasteiger partial charge in [0.25, 0.3) is 5.56 Å². The van der Waals surface area contributed by atoms with Crippen LogP contribution in [-0.4, -0.2) is 63.8 Å². The molecule has 3 heterocycles. The lowest BCUT2D eigenvalue weighted by atomic mass is 10.2. The minimum Gasteiger partial charge on any atom is -0.369 e. The number of imidazole rings is 1. The predicted octanol–water partition coefficient (Wildman–Crippen LogP) is -0.639. The molecule has 0 saturated carbocycles. The fourth-order valence-electron chi connectivity index (χ4n) is 2.87. The molecule has 30 heavy (non-hydrogen) atoms. The summed E-state index contributed by atoms with van der Waals surface area (Å²) in [7, 11) is -12.6. The number of ether oxygens (including phenoxy) is 1. The van der Waals surface area contributed by atoms with Gasteiger partial charge in [0.2, 0.25) is 5.95 Å².